The molecule has 0 saturated carbocycles. The normalized spacial score (nSPS) is 19.7. The van der Waals surface area contributed by atoms with Gasteiger partial charge in [-0.2, -0.15) is 0 Å². The number of nitrogens with zero attached hydrogens (tertiary/aromatic N) is 5. The van der Waals surface area contributed by atoms with Gasteiger partial charge in [0.2, 0.25) is 5.91 Å². The van der Waals surface area contributed by atoms with Crippen molar-refractivity contribution in [1.82, 2.24) is 19.8 Å². The number of likely N-dealkylation sites (tertiary alicyclic amines) is 1. The van der Waals surface area contributed by atoms with Crippen LogP contribution >= 0.6 is 0 Å². The van der Waals surface area contributed by atoms with E-state index in [0.29, 0.717) is 6.04 Å². The molecular weight excluding hydrogens is 316 g/mol. The van der Waals surface area contributed by atoms with Crippen molar-refractivity contribution in [2.45, 2.75) is 25.8 Å². The van der Waals surface area contributed by atoms with E-state index in [1.54, 1.807) is 6.33 Å². The third kappa shape index (κ3) is 4.48. The van der Waals surface area contributed by atoms with Gasteiger partial charge in [-0.05, 0) is 25.5 Å². The number of piperidine rings is 1. The maximum atomic E-state index is 11.7. The van der Waals surface area contributed by atoms with Gasteiger partial charge < -0.3 is 20.0 Å². The maximum absolute atomic E-state index is 11.7. The molecule has 1 aromatic rings. The van der Waals surface area contributed by atoms with Crippen LogP contribution in [0.15, 0.2) is 25.0 Å². The van der Waals surface area contributed by atoms with E-state index in [1.165, 1.54) is 6.08 Å². The van der Waals surface area contributed by atoms with Gasteiger partial charge in [0.15, 0.2) is 0 Å². The van der Waals surface area contributed by atoms with Crippen molar-refractivity contribution in [1.29, 1.82) is 0 Å². The zero-order valence-corrected chi connectivity index (χ0v) is 15.0. The van der Waals surface area contributed by atoms with Gasteiger partial charge in [0.1, 0.15) is 18.0 Å². The minimum absolute atomic E-state index is 0.0222. The number of carbonyl (C=O) groups is 1. The SMILES string of the molecule is C=CC(=O)N1CCC(Nc2cc(N3CCN(CC)CC3)ncn2)CC1. The van der Waals surface area contributed by atoms with E-state index in [-0.39, 0.29) is 5.91 Å². The summed E-state index contributed by atoms with van der Waals surface area (Å²) < 4.78 is 0. The topological polar surface area (TPSA) is 64.6 Å². The van der Waals surface area contributed by atoms with E-state index in [1.807, 2.05) is 11.0 Å². The molecule has 0 bridgehead atoms. The lowest BCUT2D eigenvalue weighted by Crippen LogP contribution is -2.46. The van der Waals surface area contributed by atoms with Crippen LogP contribution in [0.2, 0.25) is 0 Å². The number of anilines is 2. The minimum atomic E-state index is 0.0222. The van der Waals surface area contributed by atoms with Gasteiger partial charge in [-0.25, -0.2) is 9.97 Å². The van der Waals surface area contributed by atoms with Crippen molar-refractivity contribution in [2.75, 3.05) is 56.0 Å². The summed E-state index contributed by atoms with van der Waals surface area (Å²) in [6.45, 7) is 12.6. The predicted molar refractivity (Wildman–Crippen MR) is 99.8 cm³/mol. The van der Waals surface area contributed by atoms with Crippen LogP contribution in [-0.2, 0) is 4.79 Å². The summed E-state index contributed by atoms with van der Waals surface area (Å²) in [6.07, 6.45) is 4.88. The second-order valence-corrected chi connectivity index (χ2v) is 6.63. The largest absolute Gasteiger partial charge is 0.367 e. The molecule has 7 nitrogen and oxygen atoms in total. The number of hydrogen-bond acceptors (Lipinski definition) is 6. The van der Waals surface area contributed by atoms with Gasteiger partial charge in [-0.15, -0.1) is 0 Å². The summed E-state index contributed by atoms with van der Waals surface area (Å²) in [6, 6.07) is 2.39. The molecule has 1 aromatic heterocycles. The van der Waals surface area contributed by atoms with Crippen molar-refractivity contribution >= 4 is 17.5 Å². The van der Waals surface area contributed by atoms with Gasteiger partial charge in [0, 0.05) is 51.4 Å². The van der Waals surface area contributed by atoms with Gasteiger partial charge in [-0.3, -0.25) is 4.79 Å². The lowest BCUT2D eigenvalue weighted by molar-refractivity contribution is -0.126. The Bertz CT molecular complexity index is 591. The number of amides is 1. The summed E-state index contributed by atoms with van der Waals surface area (Å²) in [5, 5.41) is 3.51. The van der Waals surface area contributed by atoms with E-state index in [2.05, 4.69) is 38.6 Å². The molecule has 2 fully saturated rings. The quantitative estimate of drug-likeness (QED) is 0.810. The van der Waals surface area contributed by atoms with Crippen LogP contribution < -0.4 is 10.2 Å². The van der Waals surface area contributed by atoms with Gasteiger partial charge in [0.25, 0.3) is 0 Å². The van der Waals surface area contributed by atoms with Crippen LogP contribution in [0.25, 0.3) is 0 Å². The molecule has 0 atom stereocenters. The Morgan fingerprint density at radius 2 is 1.96 bits per heavy atom. The molecule has 0 radical (unpaired) electrons. The monoisotopic (exact) mass is 344 g/mol. The van der Waals surface area contributed by atoms with Crippen LogP contribution in [0.3, 0.4) is 0 Å². The summed E-state index contributed by atoms with van der Waals surface area (Å²) in [5.41, 5.74) is 0. The van der Waals surface area contributed by atoms with Crippen LogP contribution in [0, 0.1) is 0 Å². The molecule has 0 aliphatic carbocycles. The Kier molecular flexibility index (Phi) is 5.86. The van der Waals surface area contributed by atoms with E-state index >= 15 is 0 Å². The molecule has 7 heteroatoms. The lowest BCUT2D eigenvalue weighted by Gasteiger charge is -2.35. The Morgan fingerprint density at radius 3 is 2.60 bits per heavy atom. The Hall–Kier alpha value is -2.15. The molecule has 136 valence electrons. The molecule has 1 amide bonds. The molecule has 2 saturated heterocycles. The van der Waals surface area contributed by atoms with Crippen LogP contribution in [0.1, 0.15) is 19.8 Å². The van der Waals surface area contributed by atoms with Gasteiger partial charge in [0.05, 0.1) is 0 Å². The van der Waals surface area contributed by atoms with Crippen molar-refractivity contribution in [3.05, 3.63) is 25.0 Å². The van der Waals surface area contributed by atoms with Crippen molar-refractivity contribution in [3.8, 4) is 0 Å². The minimum Gasteiger partial charge on any atom is -0.367 e. The Labute approximate surface area is 149 Å². The molecular formula is C18H28N6O. The average Bonchev–Trinajstić information content (AvgIpc) is 2.68. The number of carbonyl (C=O) groups excluding carboxylic acids is 1. The first-order valence-corrected chi connectivity index (χ1v) is 9.17. The van der Waals surface area contributed by atoms with Crippen molar-refractivity contribution < 1.29 is 4.79 Å². The van der Waals surface area contributed by atoms with E-state index in [9.17, 15) is 4.79 Å². The smallest absolute Gasteiger partial charge is 0.245 e. The molecule has 0 aromatic carbocycles. The zero-order valence-electron chi connectivity index (χ0n) is 15.0. The van der Waals surface area contributed by atoms with E-state index < -0.39 is 0 Å². The Morgan fingerprint density at radius 1 is 1.24 bits per heavy atom. The standard InChI is InChI=1S/C18H28N6O/c1-3-18(25)24-7-5-15(6-8-24)21-16-13-17(20-14-19-16)23-11-9-22(4-2)10-12-23/h3,13-15H,1,4-12H2,2H3,(H,19,20,21). The first kappa shape index (κ1) is 17.7. The van der Waals surface area contributed by atoms with Crippen LogP contribution in [-0.4, -0.2) is 77.5 Å². The van der Waals surface area contributed by atoms with E-state index in [4.69, 9.17) is 0 Å². The maximum Gasteiger partial charge on any atom is 0.245 e. The summed E-state index contributed by atoms with van der Waals surface area (Å²) in [4.78, 5) is 27.1. The van der Waals surface area contributed by atoms with Gasteiger partial charge in [-0.1, -0.05) is 13.5 Å². The summed E-state index contributed by atoms with van der Waals surface area (Å²) >= 11 is 0. The molecule has 3 heterocycles. The van der Waals surface area contributed by atoms with Crippen LogP contribution in [0.4, 0.5) is 11.6 Å². The zero-order chi connectivity index (χ0) is 17.6. The van der Waals surface area contributed by atoms with Crippen LogP contribution in [0.5, 0.6) is 0 Å². The highest BCUT2D eigenvalue weighted by Gasteiger charge is 2.22. The van der Waals surface area contributed by atoms with Crippen molar-refractivity contribution in [2.24, 2.45) is 0 Å². The molecule has 0 unspecified atom stereocenters. The highest BCUT2D eigenvalue weighted by Crippen LogP contribution is 2.19. The molecule has 0 spiro atoms. The number of hydrogen-bond donors (Lipinski definition) is 1. The molecule has 3 rings (SSSR count). The molecule has 25 heavy (non-hydrogen) atoms. The number of rotatable bonds is 5. The van der Waals surface area contributed by atoms with E-state index in [0.717, 1.165) is 70.3 Å². The third-order valence-corrected chi connectivity index (χ3v) is 5.13. The molecule has 2 aliphatic heterocycles. The first-order valence-electron chi connectivity index (χ1n) is 9.17. The predicted octanol–water partition coefficient (Wildman–Crippen LogP) is 1.21. The number of piperazine rings is 1. The average molecular weight is 344 g/mol. The summed E-state index contributed by atoms with van der Waals surface area (Å²) in [7, 11) is 0. The first-order chi connectivity index (χ1) is 12.2. The fourth-order valence-electron chi connectivity index (χ4n) is 3.47. The number of likely N-dealkylation sites (N-methyl/N-ethyl adjacent to an activating group) is 1. The second kappa shape index (κ2) is 8.29. The Balaban J connectivity index is 1.54. The lowest BCUT2D eigenvalue weighted by atomic mass is 10.0. The fourth-order valence-corrected chi connectivity index (χ4v) is 3.47. The number of aromatic nitrogens is 2. The van der Waals surface area contributed by atoms with Gasteiger partial charge >= 0.3 is 0 Å². The molecule has 1 N–H and O–H groups in total. The highest BCUT2D eigenvalue weighted by atomic mass is 16.2. The number of nitrogens with one attached hydrogen (secondary N) is 1. The van der Waals surface area contributed by atoms with Crippen molar-refractivity contribution in [3.63, 3.8) is 0 Å². The molecule has 2 aliphatic rings. The highest BCUT2D eigenvalue weighted by molar-refractivity contribution is 5.87. The fraction of sp³-hybridized carbons (Fsp3) is 0.611. The second-order valence-electron chi connectivity index (χ2n) is 6.63. The third-order valence-electron chi connectivity index (χ3n) is 5.13. The summed E-state index contributed by atoms with van der Waals surface area (Å²) in [5.74, 6) is 1.89.